The summed E-state index contributed by atoms with van der Waals surface area (Å²) in [6, 6.07) is 13.1. The van der Waals surface area contributed by atoms with Crippen LogP contribution in [0.3, 0.4) is 0 Å². The molecule has 2 fully saturated rings. The van der Waals surface area contributed by atoms with Crippen molar-refractivity contribution in [3.8, 4) is 11.5 Å². The highest BCUT2D eigenvalue weighted by Gasteiger charge is 2.44. The molecule has 2 aromatic rings. The monoisotopic (exact) mass is 506 g/mol. The molecule has 0 radical (unpaired) electrons. The fourth-order valence-corrected chi connectivity index (χ4v) is 4.78. The third kappa shape index (κ3) is 6.21. The molecule has 2 aliphatic rings. The number of carbonyl (C=O) groups excluding carboxylic acids is 2. The molecular weight excluding hydrogens is 472 g/mol. The van der Waals surface area contributed by atoms with Gasteiger partial charge in [0.25, 0.3) is 5.91 Å². The van der Waals surface area contributed by atoms with E-state index < -0.39 is 23.5 Å². The van der Waals surface area contributed by atoms with Gasteiger partial charge in [0, 0.05) is 18.5 Å². The molecule has 0 bridgehead atoms. The van der Waals surface area contributed by atoms with E-state index in [1.807, 2.05) is 6.92 Å². The molecule has 37 heavy (non-hydrogen) atoms. The second kappa shape index (κ2) is 12.6. The Labute approximate surface area is 217 Å². The van der Waals surface area contributed by atoms with E-state index in [0.717, 1.165) is 39.3 Å². The SMILES string of the molecule is C=CCOc1ccc(C2/C(=C(\[O-])c3ccc(OCC)cc3)C(=O)C(=O)N2CCC[NH+]2CCOCC2)cc1. The number of amides is 1. The topological polar surface area (TPSA) is 92.6 Å². The van der Waals surface area contributed by atoms with E-state index in [2.05, 4.69) is 6.58 Å². The number of nitrogens with one attached hydrogen (secondary N) is 1. The van der Waals surface area contributed by atoms with Crippen molar-refractivity contribution in [2.75, 3.05) is 52.6 Å². The molecule has 1 N–H and O–H groups in total. The zero-order valence-electron chi connectivity index (χ0n) is 21.2. The molecule has 8 nitrogen and oxygen atoms in total. The van der Waals surface area contributed by atoms with Gasteiger partial charge in [0.1, 0.15) is 31.2 Å². The number of ether oxygens (including phenoxy) is 3. The predicted octanol–water partition coefficient (Wildman–Crippen LogP) is 1.18. The Morgan fingerprint density at radius 3 is 2.38 bits per heavy atom. The number of Topliss-reactive ketones (excluding diaryl/α,β-unsaturated/α-hetero) is 1. The van der Waals surface area contributed by atoms with Crippen molar-refractivity contribution < 1.29 is 33.8 Å². The van der Waals surface area contributed by atoms with Gasteiger partial charge in [-0.2, -0.15) is 0 Å². The average Bonchev–Trinajstić information content (AvgIpc) is 3.18. The van der Waals surface area contributed by atoms with Gasteiger partial charge in [-0.15, -0.1) is 0 Å². The number of quaternary nitrogens is 1. The van der Waals surface area contributed by atoms with Crippen molar-refractivity contribution in [3.63, 3.8) is 0 Å². The van der Waals surface area contributed by atoms with Crippen LogP contribution in [-0.2, 0) is 14.3 Å². The molecule has 1 unspecified atom stereocenters. The summed E-state index contributed by atoms with van der Waals surface area (Å²) in [7, 11) is 0. The van der Waals surface area contributed by atoms with Crippen molar-refractivity contribution in [1.82, 2.24) is 4.90 Å². The van der Waals surface area contributed by atoms with E-state index in [9.17, 15) is 14.7 Å². The Kier molecular flexibility index (Phi) is 8.98. The number of rotatable bonds is 11. The van der Waals surface area contributed by atoms with Gasteiger partial charge in [-0.05, 0) is 42.3 Å². The summed E-state index contributed by atoms with van der Waals surface area (Å²) < 4.78 is 16.5. The van der Waals surface area contributed by atoms with Crippen LogP contribution in [-0.4, -0.2) is 69.2 Å². The van der Waals surface area contributed by atoms with Crippen LogP contribution in [0.25, 0.3) is 5.76 Å². The molecule has 4 rings (SSSR count). The Morgan fingerprint density at radius 2 is 1.73 bits per heavy atom. The Balaban J connectivity index is 1.64. The largest absolute Gasteiger partial charge is 0.872 e. The highest BCUT2D eigenvalue weighted by molar-refractivity contribution is 6.46. The Hall–Kier alpha value is -3.62. The standard InChI is InChI=1S/C29H34N2O6/c1-3-18-37-24-10-6-21(7-11-24)26-25(27(32)22-8-12-23(13-9-22)36-4-2)28(33)29(34)31(26)15-5-14-30-16-19-35-20-17-30/h3,6-13,26,32H,1,4-5,14-20H2,2H3/b27-25+. The lowest BCUT2D eigenvalue weighted by Gasteiger charge is -2.29. The Morgan fingerprint density at radius 1 is 1.08 bits per heavy atom. The first-order valence-corrected chi connectivity index (χ1v) is 12.8. The zero-order chi connectivity index (χ0) is 26.2. The van der Waals surface area contributed by atoms with Crippen molar-refractivity contribution >= 4 is 17.4 Å². The van der Waals surface area contributed by atoms with Gasteiger partial charge < -0.3 is 29.1 Å². The predicted molar refractivity (Wildman–Crippen MR) is 137 cm³/mol. The lowest BCUT2D eigenvalue weighted by Crippen LogP contribution is -3.14. The fraction of sp³-hybridized carbons (Fsp3) is 0.379. The summed E-state index contributed by atoms with van der Waals surface area (Å²) in [5.74, 6) is -0.546. The number of hydrogen-bond acceptors (Lipinski definition) is 6. The summed E-state index contributed by atoms with van der Waals surface area (Å²) in [6.45, 7) is 11.0. The van der Waals surface area contributed by atoms with Crippen LogP contribution in [0.1, 0.15) is 30.5 Å². The number of ketones is 1. The maximum absolute atomic E-state index is 13.6. The van der Waals surface area contributed by atoms with Gasteiger partial charge in [0.2, 0.25) is 5.78 Å². The van der Waals surface area contributed by atoms with Crippen LogP contribution in [0.2, 0.25) is 0 Å². The van der Waals surface area contributed by atoms with Crippen LogP contribution in [0, 0.1) is 0 Å². The van der Waals surface area contributed by atoms with Crippen LogP contribution in [0.5, 0.6) is 11.5 Å². The molecule has 0 saturated carbocycles. The van der Waals surface area contributed by atoms with E-state index in [4.69, 9.17) is 14.2 Å². The van der Waals surface area contributed by atoms with E-state index in [0.29, 0.717) is 42.4 Å². The van der Waals surface area contributed by atoms with Gasteiger partial charge in [0.05, 0.1) is 32.4 Å². The third-order valence-electron chi connectivity index (χ3n) is 6.65. The quantitative estimate of drug-likeness (QED) is 0.213. The molecular formula is C29H34N2O6. The number of hydrogen-bond donors (Lipinski definition) is 1. The lowest BCUT2D eigenvalue weighted by molar-refractivity contribution is -0.908. The molecule has 0 aromatic heterocycles. The summed E-state index contributed by atoms with van der Waals surface area (Å²) >= 11 is 0. The maximum Gasteiger partial charge on any atom is 0.295 e. The van der Waals surface area contributed by atoms with Gasteiger partial charge in [-0.1, -0.05) is 42.7 Å². The average molecular weight is 507 g/mol. The normalized spacial score (nSPS) is 19.7. The lowest BCUT2D eigenvalue weighted by atomic mass is 9.95. The van der Waals surface area contributed by atoms with Crippen LogP contribution in [0.4, 0.5) is 0 Å². The van der Waals surface area contributed by atoms with Crippen molar-refractivity contribution in [2.45, 2.75) is 19.4 Å². The van der Waals surface area contributed by atoms with E-state index in [1.54, 1.807) is 59.5 Å². The molecule has 1 amide bonds. The number of likely N-dealkylation sites (tertiary alicyclic amines) is 1. The second-order valence-corrected chi connectivity index (χ2v) is 9.07. The maximum atomic E-state index is 13.6. The second-order valence-electron chi connectivity index (χ2n) is 9.07. The van der Waals surface area contributed by atoms with Crippen molar-refractivity contribution in [1.29, 1.82) is 0 Å². The summed E-state index contributed by atoms with van der Waals surface area (Å²) in [6.07, 6.45) is 2.37. The van der Waals surface area contributed by atoms with Crippen molar-refractivity contribution in [2.24, 2.45) is 0 Å². The van der Waals surface area contributed by atoms with Gasteiger partial charge >= 0.3 is 0 Å². The van der Waals surface area contributed by atoms with Crippen LogP contribution < -0.4 is 19.5 Å². The summed E-state index contributed by atoms with van der Waals surface area (Å²) in [4.78, 5) is 29.4. The summed E-state index contributed by atoms with van der Waals surface area (Å²) in [5, 5.41) is 13.6. The summed E-state index contributed by atoms with van der Waals surface area (Å²) in [5.41, 5.74) is 1.01. The number of morpholine rings is 1. The van der Waals surface area contributed by atoms with Crippen molar-refractivity contribution in [3.05, 3.63) is 77.9 Å². The highest BCUT2D eigenvalue weighted by Crippen LogP contribution is 2.39. The number of benzene rings is 2. The minimum Gasteiger partial charge on any atom is -0.872 e. The fourth-order valence-electron chi connectivity index (χ4n) is 4.78. The molecule has 0 spiro atoms. The molecule has 2 saturated heterocycles. The minimum absolute atomic E-state index is 0.0207. The van der Waals surface area contributed by atoms with Gasteiger partial charge in [-0.25, -0.2) is 0 Å². The number of nitrogens with zero attached hydrogens (tertiary/aromatic N) is 1. The first-order chi connectivity index (χ1) is 18.0. The van der Waals surface area contributed by atoms with Crippen LogP contribution >= 0.6 is 0 Å². The molecule has 196 valence electrons. The number of carbonyl (C=O) groups is 2. The molecule has 2 heterocycles. The molecule has 1 atom stereocenters. The molecule has 0 aliphatic carbocycles. The Bertz CT molecular complexity index is 1120. The molecule has 8 heteroatoms. The van der Waals surface area contributed by atoms with Gasteiger partial charge in [-0.3, -0.25) is 9.59 Å². The zero-order valence-corrected chi connectivity index (χ0v) is 21.2. The molecule has 2 aromatic carbocycles. The third-order valence-corrected chi connectivity index (χ3v) is 6.65. The van der Waals surface area contributed by atoms with E-state index >= 15 is 0 Å². The first-order valence-electron chi connectivity index (χ1n) is 12.8. The first kappa shape index (κ1) is 26.4. The van der Waals surface area contributed by atoms with Gasteiger partial charge in [0.15, 0.2) is 0 Å². The minimum atomic E-state index is -0.757. The highest BCUT2D eigenvalue weighted by atomic mass is 16.5. The van der Waals surface area contributed by atoms with E-state index in [-0.39, 0.29) is 5.57 Å². The smallest absolute Gasteiger partial charge is 0.295 e. The molecule has 2 aliphatic heterocycles. The van der Waals surface area contributed by atoms with E-state index in [1.165, 1.54) is 4.90 Å². The van der Waals surface area contributed by atoms with Crippen LogP contribution in [0.15, 0.2) is 66.8 Å².